The molecule has 6 heteroatoms. The van der Waals surface area contributed by atoms with Gasteiger partial charge in [0.05, 0.1) is 4.90 Å². The molecule has 1 aromatic carbocycles. The fraction of sp³-hybridized carbons (Fsp3) is 0.125. The molecule has 0 saturated carbocycles. The highest BCUT2D eigenvalue weighted by molar-refractivity contribution is 7.92. The number of benzene rings is 1. The Hall–Kier alpha value is -1.04. The van der Waals surface area contributed by atoms with Crippen LogP contribution in [0.3, 0.4) is 0 Å². The second-order valence-electron chi connectivity index (χ2n) is 2.56. The molecule has 0 saturated heterocycles. The molecule has 77 valence electrons. The van der Waals surface area contributed by atoms with E-state index in [0.717, 1.165) is 6.07 Å². The molecular formula is C8H6F3O2S. The lowest BCUT2D eigenvalue weighted by molar-refractivity contribution is -0.0436. The standard InChI is InChI=1S/C8H6F3O2S/c1-6-4-2-3-5-7(6)14(12,13)8(9,10)11/h2-5H,1H2. The average Bonchev–Trinajstić information content (AvgIpc) is 2.02. The third kappa shape index (κ3) is 1.75. The zero-order valence-corrected chi connectivity index (χ0v) is 7.69. The molecule has 0 aliphatic rings. The van der Waals surface area contributed by atoms with Crippen LogP contribution in [0.5, 0.6) is 0 Å². The Morgan fingerprint density at radius 2 is 1.64 bits per heavy atom. The van der Waals surface area contributed by atoms with Gasteiger partial charge in [0.2, 0.25) is 0 Å². The minimum absolute atomic E-state index is 0.162. The van der Waals surface area contributed by atoms with Crippen molar-refractivity contribution >= 4 is 9.84 Å². The number of hydrogen-bond acceptors (Lipinski definition) is 2. The van der Waals surface area contributed by atoms with Crippen LogP contribution in [0.25, 0.3) is 0 Å². The van der Waals surface area contributed by atoms with Crippen LogP contribution in [0.2, 0.25) is 0 Å². The smallest absolute Gasteiger partial charge is 0.214 e. The molecule has 0 aliphatic heterocycles. The summed E-state index contributed by atoms with van der Waals surface area (Å²) in [5.41, 5.74) is -5.44. The first-order chi connectivity index (χ1) is 6.27. The van der Waals surface area contributed by atoms with Gasteiger partial charge in [-0.1, -0.05) is 18.2 Å². The summed E-state index contributed by atoms with van der Waals surface area (Å²) in [4.78, 5) is -0.799. The zero-order valence-electron chi connectivity index (χ0n) is 6.88. The lowest BCUT2D eigenvalue weighted by Gasteiger charge is -2.09. The molecule has 0 amide bonds. The van der Waals surface area contributed by atoms with Gasteiger partial charge in [-0.05, 0) is 18.6 Å². The molecule has 0 spiro atoms. The van der Waals surface area contributed by atoms with Crippen molar-refractivity contribution in [3.63, 3.8) is 0 Å². The van der Waals surface area contributed by atoms with Crippen molar-refractivity contribution in [2.24, 2.45) is 0 Å². The van der Waals surface area contributed by atoms with Crippen molar-refractivity contribution in [1.29, 1.82) is 0 Å². The highest BCUT2D eigenvalue weighted by atomic mass is 32.2. The van der Waals surface area contributed by atoms with E-state index < -0.39 is 20.2 Å². The third-order valence-corrected chi connectivity index (χ3v) is 3.15. The molecule has 1 rings (SSSR count). The van der Waals surface area contributed by atoms with Gasteiger partial charge in [0, 0.05) is 0 Å². The summed E-state index contributed by atoms with van der Waals surface area (Å²) in [5, 5.41) is 0. The van der Waals surface area contributed by atoms with Crippen LogP contribution in [-0.4, -0.2) is 13.9 Å². The molecule has 1 aromatic rings. The Morgan fingerprint density at radius 1 is 1.14 bits per heavy atom. The van der Waals surface area contributed by atoms with Crippen LogP contribution in [0.4, 0.5) is 13.2 Å². The Bertz CT molecular complexity index is 434. The number of sulfone groups is 1. The van der Waals surface area contributed by atoms with Gasteiger partial charge >= 0.3 is 5.51 Å². The fourth-order valence-electron chi connectivity index (χ4n) is 0.891. The summed E-state index contributed by atoms with van der Waals surface area (Å²) in [7, 11) is -5.27. The predicted octanol–water partition coefficient (Wildman–Crippen LogP) is 2.16. The molecule has 0 N–H and O–H groups in total. The Balaban J connectivity index is 3.40. The lowest BCUT2D eigenvalue weighted by atomic mass is 10.2. The Labute approximate surface area is 79.3 Å². The highest BCUT2D eigenvalue weighted by Gasteiger charge is 2.47. The summed E-state index contributed by atoms with van der Waals surface area (Å²) in [6.07, 6.45) is 0. The summed E-state index contributed by atoms with van der Waals surface area (Å²) in [6, 6.07) is 4.72. The molecule has 0 aliphatic carbocycles. The summed E-state index contributed by atoms with van der Waals surface area (Å²) in [6.45, 7) is 3.22. The Morgan fingerprint density at radius 3 is 2.07 bits per heavy atom. The van der Waals surface area contributed by atoms with Crippen LogP contribution in [0.15, 0.2) is 29.2 Å². The third-order valence-electron chi connectivity index (χ3n) is 1.57. The van der Waals surface area contributed by atoms with Gasteiger partial charge in [-0.3, -0.25) is 0 Å². The quantitative estimate of drug-likeness (QED) is 0.731. The van der Waals surface area contributed by atoms with E-state index in [9.17, 15) is 21.6 Å². The molecule has 0 atom stereocenters. The number of halogens is 3. The van der Waals surface area contributed by atoms with Crippen molar-refractivity contribution in [2.45, 2.75) is 10.4 Å². The highest BCUT2D eigenvalue weighted by Crippen LogP contribution is 2.31. The molecule has 0 heterocycles. The molecular weight excluding hydrogens is 217 g/mol. The van der Waals surface area contributed by atoms with Crippen molar-refractivity contribution in [3.8, 4) is 0 Å². The Kier molecular flexibility index (Phi) is 2.58. The van der Waals surface area contributed by atoms with Gasteiger partial charge in [0.25, 0.3) is 9.84 Å². The van der Waals surface area contributed by atoms with E-state index in [1.165, 1.54) is 18.2 Å². The van der Waals surface area contributed by atoms with Gasteiger partial charge < -0.3 is 0 Å². The number of alkyl halides is 3. The molecule has 0 unspecified atom stereocenters. The maximum Gasteiger partial charge on any atom is 0.501 e. The fourth-order valence-corrected chi connectivity index (χ4v) is 1.81. The molecule has 2 nitrogen and oxygen atoms in total. The topological polar surface area (TPSA) is 34.1 Å². The van der Waals surface area contributed by atoms with E-state index in [1.54, 1.807) is 0 Å². The van der Waals surface area contributed by atoms with E-state index in [2.05, 4.69) is 6.92 Å². The summed E-state index contributed by atoms with van der Waals surface area (Å²) >= 11 is 0. The van der Waals surface area contributed by atoms with Crippen molar-refractivity contribution in [1.82, 2.24) is 0 Å². The van der Waals surface area contributed by atoms with Gasteiger partial charge in [-0.2, -0.15) is 13.2 Å². The minimum Gasteiger partial charge on any atom is -0.214 e. The normalized spacial score (nSPS) is 12.9. The minimum atomic E-state index is -5.28. The molecule has 0 bridgehead atoms. The van der Waals surface area contributed by atoms with E-state index in [-0.39, 0.29) is 5.56 Å². The maximum atomic E-state index is 12.1. The van der Waals surface area contributed by atoms with Crippen molar-refractivity contribution in [3.05, 3.63) is 36.8 Å². The second kappa shape index (κ2) is 3.27. The largest absolute Gasteiger partial charge is 0.501 e. The van der Waals surface area contributed by atoms with E-state index >= 15 is 0 Å². The van der Waals surface area contributed by atoms with E-state index in [0.29, 0.717) is 0 Å². The van der Waals surface area contributed by atoms with Crippen LogP contribution in [0.1, 0.15) is 5.56 Å². The van der Waals surface area contributed by atoms with Gasteiger partial charge in [0.15, 0.2) is 0 Å². The average molecular weight is 223 g/mol. The van der Waals surface area contributed by atoms with Gasteiger partial charge in [0.1, 0.15) is 0 Å². The van der Waals surface area contributed by atoms with Crippen LogP contribution >= 0.6 is 0 Å². The monoisotopic (exact) mass is 223 g/mol. The molecule has 14 heavy (non-hydrogen) atoms. The van der Waals surface area contributed by atoms with Gasteiger partial charge in [-0.25, -0.2) is 8.42 Å². The van der Waals surface area contributed by atoms with Crippen molar-refractivity contribution < 1.29 is 21.6 Å². The van der Waals surface area contributed by atoms with Crippen LogP contribution in [0, 0.1) is 6.92 Å². The van der Waals surface area contributed by atoms with E-state index in [4.69, 9.17) is 0 Å². The number of rotatable bonds is 1. The second-order valence-corrected chi connectivity index (χ2v) is 4.47. The lowest BCUT2D eigenvalue weighted by Crippen LogP contribution is -2.23. The molecule has 0 aromatic heterocycles. The first-order valence-corrected chi connectivity index (χ1v) is 4.97. The zero-order chi connectivity index (χ0) is 11.0. The maximum absolute atomic E-state index is 12.1. The van der Waals surface area contributed by atoms with Crippen LogP contribution < -0.4 is 0 Å². The number of hydrogen-bond donors (Lipinski definition) is 0. The van der Waals surface area contributed by atoms with E-state index in [1.807, 2.05) is 0 Å². The summed E-state index contributed by atoms with van der Waals surface area (Å²) < 4.78 is 58.1. The molecule has 0 fully saturated rings. The molecule has 1 radical (unpaired) electrons. The predicted molar refractivity (Wildman–Crippen MR) is 44.1 cm³/mol. The SMILES string of the molecule is [CH2]c1ccccc1S(=O)(=O)C(F)(F)F. The van der Waals surface area contributed by atoms with Crippen molar-refractivity contribution in [2.75, 3.05) is 0 Å². The van der Waals surface area contributed by atoms with Gasteiger partial charge in [-0.15, -0.1) is 0 Å². The first kappa shape index (κ1) is 11.0. The van der Waals surface area contributed by atoms with Crippen LogP contribution in [-0.2, 0) is 9.84 Å². The first-order valence-electron chi connectivity index (χ1n) is 3.49. The summed E-state index contributed by atoms with van der Waals surface area (Å²) in [5.74, 6) is 0.